The van der Waals surface area contributed by atoms with E-state index in [1.807, 2.05) is 0 Å². The van der Waals surface area contributed by atoms with Gasteiger partial charge in [0.15, 0.2) is 0 Å². The Morgan fingerprint density at radius 3 is 2.48 bits per heavy atom. The third-order valence-corrected chi connectivity index (χ3v) is 4.26. The summed E-state index contributed by atoms with van der Waals surface area (Å²) in [5, 5.41) is 6.98. The molecule has 0 unspecified atom stereocenters. The number of aromatic nitrogens is 2. The van der Waals surface area contributed by atoms with Gasteiger partial charge in [-0.1, -0.05) is 0 Å². The first-order chi connectivity index (χ1) is 10.1. The smallest absolute Gasteiger partial charge is 0.267 e. The van der Waals surface area contributed by atoms with Gasteiger partial charge in [0, 0.05) is 18.5 Å². The maximum absolute atomic E-state index is 11.8. The van der Waals surface area contributed by atoms with E-state index in [1.165, 1.54) is 18.4 Å². The van der Waals surface area contributed by atoms with Crippen LogP contribution in [0.1, 0.15) is 36.1 Å². The molecule has 0 spiro atoms. The van der Waals surface area contributed by atoms with Crippen LogP contribution < -0.4 is 5.56 Å². The third-order valence-electron chi connectivity index (χ3n) is 4.26. The van der Waals surface area contributed by atoms with Crippen molar-refractivity contribution in [1.29, 1.82) is 0 Å². The second kappa shape index (κ2) is 7.71. The molecular formula is C16H28N4O. The predicted molar refractivity (Wildman–Crippen MR) is 85.9 cm³/mol. The SMILES string of the molecule is CN(C)CCCN(C)CCc1n[nH]c(=O)c2c1CCCC2. The molecule has 118 valence electrons. The van der Waals surface area contributed by atoms with Crippen molar-refractivity contribution in [3.05, 3.63) is 27.2 Å². The lowest BCUT2D eigenvalue weighted by atomic mass is 9.91. The summed E-state index contributed by atoms with van der Waals surface area (Å²) in [6, 6.07) is 0. The van der Waals surface area contributed by atoms with Crippen LogP contribution in [0, 0.1) is 0 Å². The molecule has 0 amide bonds. The summed E-state index contributed by atoms with van der Waals surface area (Å²) >= 11 is 0. The third kappa shape index (κ3) is 4.64. The Morgan fingerprint density at radius 2 is 1.76 bits per heavy atom. The first-order valence-electron chi connectivity index (χ1n) is 8.00. The molecule has 0 bridgehead atoms. The second-order valence-electron chi connectivity index (χ2n) is 6.37. The molecular weight excluding hydrogens is 264 g/mol. The number of aromatic amines is 1. The average Bonchev–Trinajstić information content (AvgIpc) is 2.46. The summed E-state index contributed by atoms with van der Waals surface area (Å²) in [5.41, 5.74) is 3.34. The van der Waals surface area contributed by atoms with Crippen molar-refractivity contribution in [2.75, 3.05) is 40.8 Å². The highest BCUT2D eigenvalue weighted by atomic mass is 16.1. The van der Waals surface area contributed by atoms with Crippen molar-refractivity contribution >= 4 is 0 Å². The van der Waals surface area contributed by atoms with E-state index in [0.717, 1.165) is 56.6 Å². The maximum Gasteiger partial charge on any atom is 0.267 e. The molecule has 0 atom stereocenters. The van der Waals surface area contributed by atoms with Crippen molar-refractivity contribution in [2.45, 2.75) is 38.5 Å². The van der Waals surface area contributed by atoms with Gasteiger partial charge >= 0.3 is 0 Å². The van der Waals surface area contributed by atoms with Gasteiger partial charge in [-0.3, -0.25) is 4.79 Å². The minimum absolute atomic E-state index is 0.0211. The van der Waals surface area contributed by atoms with Crippen molar-refractivity contribution in [1.82, 2.24) is 20.0 Å². The summed E-state index contributed by atoms with van der Waals surface area (Å²) < 4.78 is 0. The van der Waals surface area contributed by atoms with Gasteiger partial charge < -0.3 is 9.80 Å². The van der Waals surface area contributed by atoms with E-state index >= 15 is 0 Å². The van der Waals surface area contributed by atoms with Crippen molar-refractivity contribution < 1.29 is 0 Å². The lowest BCUT2D eigenvalue weighted by Gasteiger charge is -2.20. The first kappa shape index (κ1) is 16.2. The Bertz CT molecular complexity index is 509. The zero-order chi connectivity index (χ0) is 15.2. The minimum atomic E-state index is 0.0211. The Morgan fingerprint density at radius 1 is 1.05 bits per heavy atom. The van der Waals surface area contributed by atoms with E-state index < -0.39 is 0 Å². The Kier molecular flexibility index (Phi) is 5.94. The van der Waals surface area contributed by atoms with Crippen LogP contribution >= 0.6 is 0 Å². The quantitative estimate of drug-likeness (QED) is 0.817. The van der Waals surface area contributed by atoms with Crippen LogP contribution in [0.2, 0.25) is 0 Å². The van der Waals surface area contributed by atoms with Gasteiger partial charge in [-0.05, 0) is 71.9 Å². The number of fused-ring (bicyclic) bond motifs is 1. The van der Waals surface area contributed by atoms with Crippen LogP contribution in [0.25, 0.3) is 0 Å². The number of H-pyrrole nitrogens is 1. The van der Waals surface area contributed by atoms with Crippen molar-refractivity contribution in [2.24, 2.45) is 0 Å². The first-order valence-corrected chi connectivity index (χ1v) is 8.00. The molecule has 21 heavy (non-hydrogen) atoms. The number of hydrogen-bond acceptors (Lipinski definition) is 4. The zero-order valence-electron chi connectivity index (χ0n) is 13.6. The minimum Gasteiger partial charge on any atom is -0.309 e. The van der Waals surface area contributed by atoms with Gasteiger partial charge in [-0.15, -0.1) is 0 Å². The molecule has 5 heteroatoms. The molecule has 0 fully saturated rings. The zero-order valence-corrected chi connectivity index (χ0v) is 13.6. The molecule has 2 rings (SSSR count). The predicted octanol–water partition coefficient (Wildman–Crippen LogP) is 1.07. The summed E-state index contributed by atoms with van der Waals surface area (Å²) in [7, 11) is 6.38. The van der Waals surface area contributed by atoms with Crippen LogP contribution in [0.5, 0.6) is 0 Å². The Labute approximate surface area is 127 Å². The van der Waals surface area contributed by atoms with Crippen molar-refractivity contribution in [3.63, 3.8) is 0 Å². The van der Waals surface area contributed by atoms with Gasteiger partial charge in [0.2, 0.25) is 0 Å². The maximum atomic E-state index is 11.8. The number of rotatable bonds is 7. The molecule has 0 radical (unpaired) electrons. The van der Waals surface area contributed by atoms with Crippen LogP contribution in [-0.2, 0) is 19.3 Å². The van der Waals surface area contributed by atoms with Gasteiger partial charge in [-0.25, -0.2) is 5.10 Å². The number of hydrogen-bond donors (Lipinski definition) is 1. The molecule has 1 aromatic heterocycles. The summed E-state index contributed by atoms with van der Waals surface area (Å²) in [6.07, 6.45) is 6.36. The molecule has 1 aromatic rings. The van der Waals surface area contributed by atoms with E-state index in [-0.39, 0.29) is 5.56 Å². The second-order valence-corrected chi connectivity index (χ2v) is 6.37. The van der Waals surface area contributed by atoms with Crippen LogP contribution in [-0.4, -0.2) is 60.8 Å². The molecule has 1 aliphatic carbocycles. The highest BCUT2D eigenvalue weighted by molar-refractivity contribution is 5.30. The molecule has 5 nitrogen and oxygen atoms in total. The van der Waals surface area contributed by atoms with Gasteiger partial charge in [-0.2, -0.15) is 5.10 Å². The highest BCUT2D eigenvalue weighted by Gasteiger charge is 2.17. The summed E-state index contributed by atoms with van der Waals surface area (Å²) in [4.78, 5) is 16.4. The number of nitrogens with one attached hydrogen (secondary N) is 1. The van der Waals surface area contributed by atoms with Gasteiger partial charge in [0.1, 0.15) is 0 Å². The van der Waals surface area contributed by atoms with Crippen LogP contribution in [0.3, 0.4) is 0 Å². The molecule has 0 saturated carbocycles. The Hall–Kier alpha value is -1.20. The fourth-order valence-electron chi connectivity index (χ4n) is 3.00. The summed E-state index contributed by atoms with van der Waals surface area (Å²) in [5.74, 6) is 0. The van der Waals surface area contributed by atoms with Crippen LogP contribution in [0.15, 0.2) is 4.79 Å². The molecule has 0 aromatic carbocycles. The lowest BCUT2D eigenvalue weighted by molar-refractivity contribution is 0.302. The Balaban J connectivity index is 1.90. The summed E-state index contributed by atoms with van der Waals surface area (Å²) in [6.45, 7) is 3.22. The fraction of sp³-hybridized carbons (Fsp3) is 0.750. The standard InChI is InChI=1S/C16H28N4O/c1-19(2)10-6-11-20(3)12-9-15-13-7-4-5-8-14(13)16(21)18-17-15/h4-12H2,1-3H3,(H,18,21). The molecule has 1 N–H and O–H groups in total. The molecule has 1 aliphatic rings. The van der Waals surface area contributed by atoms with Crippen molar-refractivity contribution in [3.8, 4) is 0 Å². The average molecular weight is 292 g/mol. The van der Waals surface area contributed by atoms with E-state index in [0.29, 0.717) is 0 Å². The normalized spacial score (nSPS) is 14.7. The number of nitrogens with zero attached hydrogens (tertiary/aromatic N) is 3. The van der Waals surface area contributed by atoms with E-state index in [9.17, 15) is 4.79 Å². The molecule has 1 heterocycles. The van der Waals surface area contributed by atoms with E-state index in [2.05, 4.69) is 41.1 Å². The fourth-order valence-corrected chi connectivity index (χ4v) is 3.00. The number of likely N-dealkylation sites (N-methyl/N-ethyl adjacent to an activating group) is 1. The highest BCUT2D eigenvalue weighted by Crippen LogP contribution is 2.20. The molecule has 0 saturated heterocycles. The van der Waals surface area contributed by atoms with E-state index in [1.54, 1.807) is 0 Å². The molecule has 0 aliphatic heterocycles. The topological polar surface area (TPSA) is 52.2 Å². The van der Waals surface area contributed by atoms with Gasteiger partial charge in [0.05, 0.1) is 5.69 Å². The van der Waals surface area contributed by atoms with Gasteiger partial charge in [0.25, 0.3) is 5.56 Å². The van der Waals surface area contributed by atoms with Crippen LogP contribution in [0.4, 0.5) is 0 Å². The lowest BCUT2D eigenvalue weighted by Crippen LogP contribution is -2.28. The monoisotopic (exact) mass is 292 g/mol. The van der Waals surface area contributed by atoms with E-state index in [4.69, 9.17) is 0 Å². The largest absolute Gasteiger partial charge is 0.309 e.